The Bertz CT molecular complexity index is 1030. The summed E-state index contributed by atoms with van der Waals surface area (Å²) in [6, 6.07) is 13.2. The summed E-state index contributed by atoms with van der Waals surface area (Å²) in [6.45, 7) is -0.533. The molecular weight excluding hydrogens is 380 g/mol. The number of benzene rings is 2. The molecule has 0 aromatic heterocycles. The molecule has 0 spiro atoms. The van der Waals surface area contributed by atoms with E-state index in [0.717, 1.165) is 24.2 Å². The van der Waals surface area contributed by atoms with Crippen LogP contribution in [-0.2, 0) is 14.8 Å². The predicted octanol–water partition coefficient (Wildman–Crippen LogP) is 2.11. The van der Waals surface area contributed by atoms with Gasteiger partial charge in [-0.05, 0) is 48.6 Å². The smallest absolute Gasteiger partial charge is 0.269 e. The molecule has 1 atom stereocenters. The number of amides is 2. The van der Waals surface area contributed by atoms with Gasteiger partial charge in [-0.15, -0.1) is 0 Å². The summed E-state index contributed by atoms with van der Waals surface area (Å²) >= 11 is 0. The molecule has 1 aliphatic carbocycles. The minimum absolute atomic E-state index is 0.0540. The number of fused-ring (bicyclic) bond motifs is 1. The van der Waals surface area contributed by atoms with E-state index in [1.54, 1.807) is 19.2 Å². The highest BCUT2D eigenvalue weighted by atomic mass is 32.2. The van der Waals surface area contributed by atoms with E-state index >= 15 is 0 Å². The van der Waals surface area contributed by atoms with Gasteiger partial charge in [-0.1, -0.05) is 24.3 Å². The van der Waals surface area contributed by atoms with Gasteiger partial charge in [0.05, 0.1) is 18.7 Å². The second-order valence-electron chi connectivity index (χ2n) is 6.97. The average molecular weight is 400 g/mol. The maximum absolute atomic E-state index is 12.6. The van der Waals surface area contributed by atoms with Crippen LogP contribution in [0.2, 0.25) is 0 Å². The van der Waals surface area contributed by atoms with Gasteiger partial charge in [0.25, 0.3) is 15.9 Å². The number of hydrogen-bond acceptors (Lipinski definition) is 5. The lowest BCUT2D eigenvalue weighted by Crippen LogP contribution is -2.42. The van der Waals surface area contributed by atoms with E-state index in [4.69, 9.17) is 4.74 Å². The molecule has 146 valence electrons. The van der Waals surface area contributed by atoms with Crippen molar-refractivity contribution in [1.29, 1.82) is 0 Å². The molecule has 1 saturated carbocycles. The molecule has 1 N–H and O–H groups in total. The number of nitrogens with one attached hydrogen (secondary N) is 1. The predicted molar refractivity (Wildman–Crippen MR) is 101 cm³/mol. The zero-order valence-electron chi connectivity index (χ0n) is 15.3. The van der Waals surface area contributed by atoms with Crippen LogP contribution >= 0.6 is 0 Å². The van der Waals surface area contributed by atoms with Gasteiger partial charge < -0.3 is 10.1 Å². The first-order chi connectivity index (χ1) is 13.4. The van der Waals surface area contributed by atoms with Crippen molar-refractivity contribution in [3.63, 3.8) is 0 Å². The summed E-state index contributed by atoms with van der Waals surface area (Å²) < 4.78 is 31.0. The van der Waals surface area contributed by atoms with E-state index in [0.29, 0.717) is 10.2 Å². The summed E-state index contributed by atoms with van der Waals surface area (Å²) in [6.07, 6.45) is 1.98. The van der Waals surface area contributed by atoms with Crippen LogP contribution in [0.4, 0.5) is 0 Å². The van der Waals surface area contributed by atoms with E-state index in [1.165, 1.54) is 12.1 Å². The zero-order chi connectivity index (χ0) is 19.9. The van der Waals surface area contributed by atoms with Crippen LogP contribution in [-0.4, -0.2) is 38.2 Å². The highest BCUT2D eigenvalue weighted by Crippen LogP contribution is 2.41. The molecule has 2 aromatic carbocycles. The van der Waals surface area contributed by atoms with Gasteiger partial charge in [0, 0.05) is 0 Å². The van der Waals surface area contributed by atoms with Crippen LogP contribution in [0, 0.1) is 5.92 Å². The Morgan fingerprint density at radius 1 is 1.18 bits per heavy atom. The molecule has 4 rings (SSSR count). The first-order valence-corrected chi connectivity index (χ1v) is 10.5. The summed E-state index contributed by atoms with van der Waals surface area (Å²) in [5.74, 6) is -0.146. The van der Waals surface area contributed by atoms with Crippen molar-refractivity contribution in [3.05, 3.63) is 59.7 Å². The van der Waals surface area contributed by atoms with Crippen molar-refractivity contribution in [2.45, 2.75) is 23.8 Å². The number of rotatable bonds is 6. The van der Waals surface area contributed by atoms with Crippen molar-refractivity contribution in [2.24, 2.45) is 5.92 Å². The fourth-order valence-electron chi connectivity index (χ4n) is 3.45. The third kappa shape index (κ3) is 3.24. The Morgan fingerprint density at radius 3 is 2.46 bits per heavy atom. The Kier molecular flexibility index (Phi) is 4.58. The van der Waals surface area contributed by atoms with Crippen molar-refractivity contribution in [3.8, 4) is 5.75 Å². The van der Waals surface area contributed by atoms with E-state index in [9.17, 15) is 18.0 Å². The second kappa shape index (κ2) is 6.94. The summed E-state index contributed by atoms with van der Waals surface area (Å²) in [5.41, 5.74) is 1.03. The monoisotopic (exact) mass is 400 g/mol. The van der Waals surface area contributed by atoms with Crippen LogP contribution in [0.15, 0.2) is 53.4 Å². The topological polar surface area (TPSA) is 92.8 Å². The Hall–Kier alpha value is -2.87. The van der Waals surface area contributed by atoms with Gasteiger partial charge in [0.1, 0.15) is 17.2 Å². The van der Waals surface area contributed by atoms with Crippen LogP contribution in [0.5, 0.6) is 5.75 Å². The van der Waals surface area contributed by atoms with Crippen molar-refractivity contribution < 1.29 is 22.7 Å². The maximum atomic E-state index is 12.6. The molecule has 1 aliphatic heterocycles. The fourth-order valence-corrected chi connectivity index (χ4v) is 4.98. The standard InChI is InChI=1S/C20H20N2O5S/c1-27-15-10-8-14(9-11-15)19(13-6-7-13)21-18(23)12-22-20(24)16-4-2-3-5-17(16)28(22,25)26/h2-5,8-11,13,19H,6-7,12H2,1H3,(H,21,23)/t19-/m0/s1. The molecule has 1 fully saturated rings. The molecule has 28 heavy (non-hydrogen) atoms. The van der Waals surface area contributed by atoms with Gasteiger partial charge in [0.2, 0.25) is 5.91 Å². The number of methoxy groups -OCH3 is 1. The molecule has 0 radical (unpaired) electrons. The largest absolute Gasteiger partial charge is 0.497 e. The number of sulfonamides is 1. The van der Waals surface area contributed by atoms with E-state index in [2.05, 4.69) is 5.32 Å². The van der Waals surface area contributed by atoms with Crippen LogP contribution in [0.3, 0.4) is 0 Å². The first kappa shape index (κ1) is 18.5. The van der Waals surface area contributed by atoms with Crippen molar-refractivity contribution in [1.82, 2.24) is 9.62 Å². The number of nitrogens with zero attached hydrogens (tertiary/aromatic N) is 1. The second-order valence-corrected chi connectivity index (χ2v) is 8.80. The lowest BCUT2D eigenvalue weighted by molar-refractivity contribution is -0.121. The molecule has 2 amide bonds. The van der Waals surface area contributed by atoms with Crippen LogP contribution in [0.25, 0.3) is 0 Å². The van der Waals surface area contributed by atoms with Gasteiger partial charge in [0.15, 0.2) is 0 Å². The Morgan fingerprint density at radius 2 is 1.86 bits per heavy atom. The summed E-state index contributed by atoms with van der Waals surface area (Å²) in [5, 5.41) is 2.91. The number of carbonyl (C=O) groups excluding carboxylic acids is 2. The van der Waals surface area contributed by atoms with Crippen molar-refractivity contribution in [2.75, 3.05) is 13.7 Å². The van der Waals surface area contributed by atoms with E-state index in [-0.39, 0.29) is 16.5 Å². The molecule has 7 nitrogen and oxygen atoms in total. The third-order valence-electron chi connectivity index (χ3n) is 5.08. The third-order valence-corrected chi connectivity index (χ3v) is 6.87. The number of ether oxygens (including phenoxy) is 1. The minimum atomic E-state index is -4.00. The minimum Gasteiger partial charge on any atom is -0.497 e. The molecule has 1 heterocycles. The summed E-state index contributed by atoms with van der Waals surface area (Å²) in [7, 11) is -2.41. The quantitative estimate of drug-likeness (QED) is 0.802. The Labute approximate surface area is 163 Å². The molecule has 0 unspecified atom stereocenters. The average Bonchev–Trinajstić information content (AvgIpc) is 3.52. The molecule has 2 aromatic rings. The SMILES string of the molecule is COc1ccc([C@@H](NC(=O)CN2C(=O)c3ccccc3S2(=O)=O)C2CC2)cc1. The maximum Gasteiger partial charge on any atom is 0.269 e. The van der Waals surface area contributed by atoms with Crippen LogP contribution in [0.1, 0.15) is 34.8 Å². The normalized spacial score (nSPS) is 18.5. The van der Waals surface area contributed by atoms with Gasteiger partial charge >= 0.3 is 0 Å². The van der Waals surface area contributed by atoms with E-state index in [1.807, 2.05) is 24.3 Å². The highest BCUT2D eigenvalue weighted by Gasteiger charge is 2.42. The van der Waals surface area contributed by atoms with Crippen LogP contribution < -0.4 is 10.1 Å². The lowest BCUT2D eigenvalue weighted by Gasteiger charge is -2.21. The van der Waals surface area contributed by atoms with Gasteiger partial charge in [-0.25, -0.2) is 12.7 Å². The highest BCUT2D eigenvalue weighted by molar-refractivity contribution is 7.90. The fraction of sp³-hybridized carbons (Fsp3) is 0.300. The molecular formula is C20H20N2O5S. The first-order valence-electron chi connectivity index (χ1n) is 9.01. The van der Waals surface area contributed by atoms with E-state index < -0.39 is 28.4 Å². The lowest BCUT2D eigenvalue weighted by atomic mass is 10.0. The Balaban J connectivity index is 1.51. The summed E-state index contributed by atoms with van der Waals surface area (Å²) in [4.78, 5) is 25.0. The zero-order valence-corrected chi connectivity index (χ0v) is 16.1. The molecule has 0 saturated heterocycles. The van der Waals surface area contributed by atoms with Crippen molar-refractivity contribution >= 4 is 21.8 Å². The molecule has 2 aliphatic rings. The van der Waals surface area contributed by atoms with Gasteiger partial charge in [-0.3, -0.25) is 9.59 Å². The van der Waals surface area contributed by atoms with Gasteiger partial charge in [-0.2, -0.15) is 0 Å². The molecule has 0 bridgehead atoms. The molecule has 8 heteroatoms. The number of carbonyl (C=O) groups is 2. The number of hydrogen-bond donors (Lipinski definition) is 1.